The number of hydrogen-bond acceptors (Lipinski definition) is 7. The highest BCUT2D eigenvalue weighted by atomic mass is 19.1. The van der Waals surface area contributed by atoms with Crippen molar-refractivity contribution >= 4 is 22.7 Å². The number of ether oxygens (including phenoxy) is 2. The van der Waals surface area contributed by atoms with Gasteiger partial charge in [-0.2, -0.15) is 5.26 Å². The number of carboxylic acids is 1. The molecule has 2 atom stereocenters. The van der Waals surface area contributed by atoms with Gasteiger partial charge in [0.15, 0.2) is 17.2 Å². The number of imidazole rings is 1. The van der Waals surface area contributed by atoms with Crippen LogP contribution >= 0.6 is 0 Å². The molecule has 1 N–H and O–H groups in total. The van der Waals surface area contributed by atoms with Gasteiger partial charge in [-0.3, -0.25) is 0 Å². The Kier molecular flexibility index (Phi) is 7.63. The molecule has 1 saturated heterocycles. The second-order valence-electron chi connectivity index (χ2n) is 10.5. The molecule has 6 rings (SSSR count). The van der Waals surface area contributed by atoms with E-state index in [4.69, 9.17) is 19.7 Å². The van der Waals surface area contributed by atoms with Gasteiger partial charge in [0, 0.05) is 18.6 Å². The number of fused-ring (bicyclic) bond motifs is 1. The van der Waals surface area contributed by atoms with E-state index in [-0.39, 0.29) is 35.4 Å². The van der Waals surface area contributed by atoms with Gasteiger partial charge in [0.1, 0.15) is 23.8 Å². The topological polar surface area (TPSA) is 123 Å². The maximum atomic E-state index is 14.5. The normalized spacial score (nSPS) is 18.3. The van der Waals surface area contributed by atoms with Gasteiger partial charge in [-0.25, -0.2) is 28.5 Å². The molecule has 0 saturated carbocycles. The molecule has 1 aliphatic heterocycles. The number of allylic oxidation sites excluding steroid dienone is 2. The van der Waals surface area contributed by atoms with Gasteiger partial charge in [-0.05, 0) is 73.6 Å². The van der Waals surface area contributed by atoms with E-state index in [1.807, 2.05) is 10.6 Å². The van der Waals surface area contributed by atoms with E-state index in [0.717, 1.165) is 43.1 Å². The number of carboxylic acid groups (broad SMARTS) is 1. The molecule has 4 aromatic rings. The SMILES string of the molecule is N#Cc1ccc(COc2nc(C3=CCC(Cc4nc5ccc(C(=O)O)nc5n4CC4CCO4)CC3)ccc2F)c(F)c1. The van der Waals surface area contributed by atoms with Gasteiger partial charge in [0.2, 0.25) is 0 Å². The van der Waals surface area contributed by atoms with Crippen LogP contribution in [0.4, 0.5) is 8.78 Å². The molecule has 3 aromatic heterocycles. The second-order valence-corrected chi connectivity index (χ2v) is 10.5. The zero-order chi connectivity index (χ0) is 29.2. The van der Waals surface area contributed by atoms with Crippen LogP contribution in [0.5, 0.6) is 5.88 Å². The van der Waals surface area contributed by atoms with Crippen LogP contribution in [0.25, 0.3) is 16.7 Å². The Morgan fingerprint density at radius 2 is 1.98 bits per heavy atom. The van der Waals surface area contributed by atoms with Gasteiger partial charge >= 0.3 is 5.97 Å². The lowest BCUT2D eigenvalue weighted by atomic mass is 9.86. The van der Waals surface area contributed by atoms with Gasteiger partial charge < -0.3 is 19.1 Å². The van der Waals surface area contributed by atoms with Crippen molar-refractivity contribution in [2.75, 3.05) is 6.61 Å². The summed E-state index contributed by atoms with van der Waals surface area (Å²) in [6, 6.07) is 12.0. The molecule has 42 heavy (non-hydrogen) atoms. The molecule has 0 spiro atoms. The summed E-state index contributed by atoms with van der Waals surface area (Å²) in [7, 11) is 0. The molecular formula is C31H27F2N5O4. The summed E-state index contributed by atoms with van der Waals surface area (Å²) < 4.78 is 41.9. The van der Waals surface area contributed by atoms with E-state index >= 15 is 0 Å². The minimum absolute atomic E-state index is 0.0212. The number of benzene rings is 1. The van der Waals surface area contributed by atoms with Crippen LogP contribution in [-0.4, -0.2) is 43.3 Å². The second kappa shape index (κ2) is 11.7. The summed E-state index contributed by atoms with van der Waals surface area (Å²) in [5.41, 5.74) is 3.16. The van der Waals surface area contributed by atoms with E-state index in [1.54, 1.807) is 12.1 Å². The summed E-state index contributed by atoms with van der Waals surface area (Å²) in [5.74, 6) is -1.39. The fraction of sp³-hybridized carbons (Fsp3) is 0.323. The van der Waals surface area contributed by atoms with Crippen molar-refractivity contribution < 1.29 is 28.2 Å². The number of halogens is 2. The maximum Gasteiger partial charge on any atom is 0.354 e. The molecule has 2 aliphatic rings. The van der Waals surface area contributed by atoms with Crippen LogP contribution in [0.1, 0.15) is 58.8 Å². The number of hydrogen-bond donors (Lipinski definition) is 1. The lowest BCUT2D eigenvalue weighted by molar-refractivity contribution is -0.0591. The Labute approximate surface area is 240 Å². The summed E-state index contributed by atoms with van der Waals surface area (Å²) in [5, 5.41) is 18.3. The fourth-order valence-corrected chi connectivity index (χ4v) is 5.30. The molecule has 2 unspecified atom stereocenters. The molecule has 1 fully saturated rings. The van der Waals surface area contributed by atoms with Crippen molar-refractivity contribution in [1.82, 2.24) is 19.5 Å². The van der Waals surface area contributed by atoms with Crippen LogP contribution in [0, 0.1) is 28.9 Å². The molecule has 0 bridgehead atoms. The minimum Gasteiger partial charge on any atom is -0.477 e. The lowest BCUT2D eigenvalue weighted by Crippen LogP contribution is -2.32. The largest absolute Gasteiger partial charge is 0.477 e. The number of carbonyl (C=O) groups is 1. The van der Waals surface area contributed by atoms with Crippen molar-refractivity contribution in [3.63, 3.8) is 0 Å². The van der Waals surface area contributed by atoms with Crippen LogP contribution in [0.2, 0.25) is 0 Å². The minimum atomic E-state index is -1.08. The predicted molar refractivity (Wildman–Crippen MR) is 148 cm³/mol. The average molecular weight is 572 g/mol. The molecule has 214 valence electrons. The average Bonchev–Trinajstić information content (AvgIpc) is 3.31. The molecular weight excluding hydrogens is 544 g/mol. The smallest absolute Gasteiger partial charge is 0.354 e. The summed E-state index contributed by atoms with van der Waals surface area (Å²) >= 11 is 0. The van der Waals surface area contributed by atoms with Crippen molar-refractivity contribution in [3.05, 3.63) is 88.5 Å². The molecule has 4 heterocycles. The number of aromatic nitrogens is 4. The molecule has 1 aromatic carbocycles. The first kappa shape index (κ1) is 27.5. The fourth-order valence-electron chi connectivity index (χ4n) is 5.30. The van der Waals surface area contributed by atoms with E-state index < -0.39 is 17.6 Å². The van der Waals surface area contributed by atoms with E-state index in [9.17, 15) is 18.7 Å². The molecule has 9 nitrogen and oxygen atoms in total. The van der Waals surface area contributed by atoms with Crippen LogP contribution in [0.15, 0.2) is 48.5 Å². The van der Waals surface area contributed by atoms with Crippen molar-refractivity contribution in [3.8, 4) is 11.9 Å². The van der Waals surface area contributed by atoms with Crippen molar-refractivity contribution in [2.45, 2.75) is 51.4 Å². The van der Waals surface area contributed by atoms with Crippen molar-refractivity contribution in [1.29, 1.82) is 5.26 Å². The molecule has 11 heteroatoms. The third-order valence-electron chi connectivity index (χ3n) is 7.75. The number of nitriles is 1. The maximum absolute atomic E-state index is 14.5. The highest BCUT2D eigenvalue weighted by Crippen LogP contribution is 2.33. The third-order valence-corrected chi connectivity index (χ3v) is 7.75. The monoisotopic (exact) mass is 571 g/mol. The van der Waals surface area contributed by atoms with Gasteiger partial charge in [0.25, 0.3) is 5.88 Å². The Morgan fingerprint density at radius 3 is 2.67 bits per heavy atom. The number of pyridine rings is 2. The van der Waals surface area contributed by atoms with E-state index in [2.05, 4.69) is 16.0 Å². The van der Waals surface area contributed by atoms with Crippen molar-refractivity contribution in [2.24, 2.45) is 5.92 Å². The van der Waals surface area contributed by atoms with E-state index in [0.29, 0.717) is 42.3 Å². The Morgan fingerprint density at radius 1 is 1.12 bits per heavy atom. The van der Waals surface area contributed by atoms with Gasteiger partial charge in [0.05, 0.1) is 30.0 Å². The number of rotatable bonds is 9. The first-order valence-electron chi connectivity index (χ1n) is 13.8. The predicted octanol–water partition coefficient (Wildman–Crippen LogP) is 5.47. The Bertz CT molecular complexity index is 1740. The van der Waals surface area contributed by atoms with Crippen LogP contribution in [0.3, 0.4) is 0 Å². The Balaban J connectivity index is 1.16. The molecule has 0 amide bonds. The number of nitrogens with zero attached hydrogens (tertiary/aromatic N) is 5. The zero-order valence-electron chi connectivity index (χ0n) is 22.6. The first-order valence-corrected chi connectivity index (χ1v) is 13.8. The standard InChI is InChI=1S/C31H27F2N5O4/c32-23-7-8-25(37-30(23)42-17-21-6-3-19(15-34)13-24(21)33)20-4-1-18(2-5-20)14-28-35-26-9-10-27(31(39)40)36-29(26)38(28)16-22-11-12-41-22/h3-4,6-10,13,18,22H,1-2,5,11-12,14,16-17H2,(H,39,40). The Hall–Kier alpha value is -4.69. The first-order chi connectivity index (χ1) is 20.4. The van der Waals surface area contributed by atoms with Crippen LogP contribution < -0.4 is 4.74 Å². The van der Waals surface area contributed by atoms with Gasteiger partial charge in [-0.15, -0.1) is 0 Å². The third kappa shape index (κ3) is 5.71. The highest BCUT2D eigenvalue weighted by Gasteiger charge is 2.25. The summed E-state index contributed by atoms with van der Waals surface area (Å²) in [6.07, 6.45) is 6.13. The molecule has 1 aliphatic carbocycles. The van der Waals surface area contributed by atoms with E-state index in [1.165, 1.54) is 24.3 Å². The lowest BCUT2D eigenvalue weighted by Gasteiger charge is -2.28. The highest BCUT2D eigenvalue weighted by molar-refractivity contribution is 5.88. The summed E-state index contributed by atoms with van der Waals surface area (Å²) in [4.78, 5) is 25.0. The summed E-state index contributed by atoms with van der Waals surface area (Å²) in [6.45, 7) is 1.07. The number of aromatic carboxylic acids is 1. The molecule has 0 radical (unpaired) electrons. The quantitative estimate of drug-likeness (QED) is 0.281. The zero-order valence-corrected chi connectivity index (χ0v) is 22.6. The van der Waals surface area contributed by atoms with Crippen LogP contribution in [-0.2, 0) is 24.3 Å². The van der Waals surface area contributed by atoms with Gasteiger partial charge in [-0.1, -0.05) is 12.1 Å².